The van der Waals surface area contributed by atoms with Gasteiger partial charge in [0.15, 0.2) is 0 Å². The highest BCUT2D eigenvalue weighted by Crippen LogP contribution is 2.20. The Bertz CT molecular complexity index is 411. The second-order valence-electron chi connectivity index (χ2n) is 4.69. The van der Waals surface area contributed by atoms with Crippen LogP contribution in [0.4, 0.5) is 0 Å². The maximum absolute atomic E-state index is 11.8. The lowest BCUT2D eigenvalue weighted by Crippen LogP contribution is -2.22. The molecule has 1 aromatic carbocycles. The first-order valence-electron chi connectivity index (χ1n) is 6.16. The van der Waals surface area contributed by atoms with Crippen LogP contribution in [0.15, 0.2) is 35.4 Å². The first-order valence-corrected chi connectivity index (χ1v) is 6.16. The summed E-state index contributed by atoms with van der Waals surface area (Å²) in [5.74, 6) is 0.562. The SMILES string of the molecule is C[C@H]1CCC/C(=N/NC(=O)c2ccccc2)C1. The van der Waals surface area contributed by atoms with E-state index in [1.54, 1.807) is 12.1 Å². The molecule has 0 aromatic heterocycles. The fourth-order valence-corrected chi connectivity index (χ4v) is 2.15. The molecular weight excluding hydrogens is 212 g/mol. The molecule has 1 N–H and O–H groups in total. The summed E-state index contributed by atoms with van der Waals surface area (Å²) in [6, 6.07) is 9.18. The summed E-state index contributed by atoms with van der Waals surface area (Å²) in [7, 11) is 0. The van der Waals surface area contributed by atoms with Gasteiger partial charge in [-0.05, 0) is 43.7 Å². The zero-order valence-electron chi connectivity index (χ0n) is 10.1. The number of benzene rings is 1. The van der Waals surface area contributed by atoms with E-state index in [1.807, 2.05) is 18.2 Å². The maximum atomic E-state index is 11.8. The molecule has 90 valence electrons. The Balaban J connectivity index is 1.93. The van der Waals surface area contributed by atoms with E-state index in [9.17, 15) is 4.79 Å². The Morgan fingerprint density at radius 1 is 1.35 bits per heavy atom. The van der Waals surface area contributed by atoms with E-state index in [1.165, 1.54) is 12.8 Å². The van der Waals surface area contributed by atoms with E-state index in [0.717, 1.165) is 18.6 Å². The van der Waals surface area contributed by atoms with Gasteiger partial charge in [0.25, 0.3) is 5.91 Å². The van der Waals surface area contributed by atoms with Crippen molar-refractivity contribution in [1.29, 1.82) is 0 Å². The molecule has 0 bridgehead atoms. The van der Waals surface area contributed by atoms with Gasteiger partial charge in [0.05, 0.1) is 0 Å². The van der Waals surface area contributed by atoms with Gasteiger partial charge in [0, 0.05) is 11.3 Å². The van der Waals surface area contributed by atoms with Gasteiger partial charge in [-0.2, -0.15) is 5.10 Å². The molecule has 0 unspecified atom stereocenters. The lowest BCUT2D eigenvalue weighted by Gasteiger charge is -2.18. The molecule has 1 aliphatic carbocycles. The maximum Gasteiger partial charge on any atom is 0.271 e. The first-order chi connectivity index (χ1) is 8.25. The van der Waals surface area contributed by atoms with Gasteiger partial charge in [-0.15, -0.1) is 0 Å². The van der Waals surface area contributed by atoms with Crippen LogP contribution in [0.2, 0.25) is 0 Å². The predicted octanol–water partition coefficient (Wildman–Crippen LogP) is 2.98. The molecule has 1 fully saturated rings. The predicted molar refractivity (Wildman–Crippen MR) is 69.0 cm³/mol. The van der Waals surface area contributed by atoms with Crippen molar-refractivity contribution in [2.45, 2.75) is 32.6 Å². The van der Waals surface area contributed by atoms with Crippen LogP contribution in [-0.4, -0.2) is 11.6 Å². The van der Waals surface area contributed by atoms with Crippen LogP contribution in [0.1, 0.15) is 43.0 Å². The third-order valence-electron chi connectivity index (χ3n) is 3.10. The quantitative estimate of drug-likeness (QED) is 0.780. The van der Waals surface area contributed by atoms with Crippen LogP contribution in [0.5, 0.6) is 0 Å². The van der Waals surface area contributed by atoms with Gasteiger partial charge < -0.3 is 0 Å². The van der Waals surface area contributed by atoms with E-state index in [0.29, 0.717) is 11.5 Å². The number of rotatable bonds is 2. The summed E-state index contributed by atoms with van der Waals surface area (Å²) in [5.41, 5.74) is 4.41. The number of carbonyl (C=O) groups is 1. The third kappa shape index (κ3) is 3.41. The molecule has 1 saturated carbocycles. The average Bonchev–Trinajstić information content (AvgIpc) is 2.37. The molecule has 0 spiro atoms. The fourth-order valence-electron chi connectivity index (χ4n) is 2.15. The normalized spacial score (nSPS) is 22.4. The minimum Gasteiger partial charge on any atom is -0.267 e. The summed E-state index contributed by atoms with van der Waals surface area (Å²) in [6.45, 7) is 2.23. The molecule has 1 amide bonds. The van der Waals surface area contributed by atoms with Crippen molar-refractivity contribution < 1.29 is 4.79 Å². The smallest absolute Gasteiger partial charge is 0.267 e. The molecule has 0 saturated heterocycles. The van der Waals surface area contributed by atoms with Crippen molar-refractivity contribution in [2.75, 3.05) is 0 Å². The van der Waals surface area contributed by atoms with Crippen molar-refractivity contribution in [3.8, 4) is 0 Å². The van der Waals surface area contributed by atoms with Crippen LogP contribution in [0.3, 0.4) is 0 Å². The molecule has 1 aromatic rings. The summed E-state index contributed by atoms with van der Waals surface area (Å²) in [6.07, 6.45) is 4.47. The number of nitrogens with zero attached hydrogens (tertiary/aromatic N) is 1. The van der Waals surface area contributed by atoms with Crippen molar-refractivity contribution in [3.63, 3.8) is 0 Å². The van der Waals surface area contributed by atoms with Crippen molar-refractivity contribution >= 4 is 11.6 Å². The van der Waals surface area contributed by atoms with Crippen LogP contribution < -0.4 is 5.43 Å². The lowest BCUT2D eigenvalue weighted by atomic mass is 9.89. The standard InChI is InChI=1S/C14H18N2O/c1-11-6-5-9-13(10-11)15-16-14(17)12-7-3-2-4-8-12/h2-4,7-8,11H,5-6,9-10H2,1H3,(H,16,17)/b15-13-/t11-/m0/s1. The Morgan fingerprint density at radius 2 is 2.12 bits per heavy atom. The van der Waals surface area contributed by atoms with Gasteiger partial charge in [0.2, 0.25) is 0 Å². The van der Waals surface area contributed by atoms with Crippen LogP contribution in [-0.2, 0) is 0 Å². The van der Waals surface area contributed by atoms with Gasteiger partial charge in [-0.25, -0.2) is 5.43 Å². The Kier molecular flexibility index (Phi) is 3.91. The number of nitrogens with one attached hydrogen (secondary N) is 1. The van der Waals surface area contributed by atoms with Gasteiger partial charge in [-0.1, -0.05) is 25.1 Å². The molecule has 2 rings (SSSR count). The highest BCUT2D eigenvalue weighted by molar-refractivity contribution is 5.95. The average molecular weight is 230 g/mol. The number of carbonyl (C=O) groups excluding carboxylic acids is 1. The van der Waals surface area contributed by atoms with Crippen LogP contribution in [0.25, 0.3) is 0 Å². The molecular formula is C14H18N2O. The second-order valence-corrected chi connectivity index (χ2v) is 4.69. The van der Waals surface area contributed by atoms with Gasteiger partial charge in [0.1, 0.15) is 0 Å². The van der Waals surface area contributed by atoms with Crippen LogP contribution >= 0.6 is 0 Å². The minimum absolute atomic E-state index is 0.128. The summed E-state index contributed by atoms with van der Waals surface area (Å²) < 4.78 is 0. The number of hydrazone groups is 1. The molecule has 3 heteroatoms. The van der Waals surface area contributed by atoms with E-state index < -0.39 is 0 Å². The Morgan fingerprint density at radius 3 is 2.82 bits per heavy atom. The fraction of sp³-hybridized carbons (Fsp3) is 0.429. The first kappa shape index (κ1) is 11.8. The Hall–Kier alpha value is -1.64. The second kappa shape index (κ2) is 5.62. The van der Waals surface area contributed by atoms with E-state index in [-0.39, 0.29) is 5.91 Å². The molecule has 0 heterocycles. The molecule has 0 aliphatic heterocycles. The molecule has 3 nitrogen and oxygen atoms in total. The van der Waals surface area contributed by atoms with Crippen LogP contribution in [0, 0.1) is 5.92 Å². The minimum atomic E-state index is -0.128. The molecule has 1 atom stereocenters. The molecule has 1 aliphatic rings. The third-order valence-corrected chi connectivity index (χ3v) is 3.10. The van der Waals surface area contributed by atoms with Gasteiger partial charge in [-0.3, -0.25) is 4.79 Å². The Labute approximate surface area is 102 Å². The van der Waals surface area contributed by atoms with E-state index >= 15 is 0 Å². The van der Waals surface area contributed by atoms with Gasteiger partial charge >= 0.3 is 0 Å². The largest absolute Gasteiger partial charge is 0.271 e. The van der Waals surface area contributed by atoms with Crippen molar-refractivity contribution in [3.05, 3.63) is 35.9 Å². The number of hydrogen-bond acceptors (Lipinski definition) is 2. The summed E-state index contributed by atoms with van der Waals surface area (Å²) in [4.78, 5) is 11.8. The molecule has 17 heavy (non-hydrogen) atoms. The van der Waals surface area contributed by atoms with Crippen molar-refractivity contribution in [1.82, 2.24) is 5.43 Å². The highest BCUT2D eigenvalue weighted by atomic mass is 16.2. The molecule has 0 radical (unpaired) electrons. The summed E-state index contributed by atoms with van der Waals surface area (Å²) in [5, 5.41) is 4.23. The van der Waals surface area contributed by atoms with E-state index in [4.69, 9.17) is 0 Å². The lowest BCUT2D eigenvalue weighted by molar-refractivity contribution is 0.0954. The summed E-state index contributed by atoms with van der Waals surface area (Å²) >= 11 is 0. The topological polar surface area (TPSA) is 41.5 Å². The monoisotopic (exact) mass is 230 g/mol. The number of amides is 1. The zero-order chi connectivity index (χ0) is 12.1. The zero-order valence-corrected chi connectivity index (χ0v) is 10.1. The highest BCUT2D eigenvalue weighted by Gasteiger charge is 2.14. The van der Waals surface area contributed by atoms with Crippen molar-refractivity contribution in [2.24, 2.45) is 11.0 Å². The number of hydrogen-bond donors (Lipinski definition) is 1. The van der Waals surface area contributed by atoms with E-state index in [2.05, 4.69) is 17.5 Å².